The van der Waals surface area contributed by atoms with E-state index in [1.165, 1.54) is 17.0 Å². The second kappa shape index (κ2) is 9.55. The Labute approximate surface area is 194 Å². The second-order valence-corrected chi connectivity index (χ2v) is 9.15. The van der Waals surface area contributed by atoms with Gasteiger partial charge in [0, 0.05) is 36.1 Å². The lowest BCUT2D eigenvalue weighted by Crippen LogP contribution is -2.49. The number of hydrogen-bond acceptors (Lipinski definition) is 5. The van der Waals surface area contributed by atoms with Gasteiger partial charge in [-0.2, -0.15) is 13.2 Å². The lowest BCUT2D eigenvalue weighted by atomic mass is 10.0. The number of likely N-dealkylation sites (tertiary alicyclic amines) is 1. The van der Waals surface area contributed by atoms with Crippen molar-refractivity contribution in [2.75, 3.05) is 0 Å². The van der Waals surface area contributed by atoms with Crippen molar-refractivity contribution in [1.82, 2.24) is 20.2 Å². The molecule has 0 spiro atoms. The quantitative estimate of drug-likeness (QED) is 0.639. The van der Waals surface area contributed by atoms with Crippen LogP contribution in [0, 0.1) is 5.82 Å². The number of rotatable bonds is 4. The third-order valence-corrected chi connectivity index (χ3v) is 5.31. The summed E-state index contributed by atoms with van der Waals surface area (Å²) in [5.74, 6) is -2.32. The number of halogens is 4. The highest BCUT2D eigenvalue weighted by Crippen LogP contribution is 2.28. The van der Waals surface area contributed by atoms with Gasteiger partial charge in [0.2, 0.25) is 11.7 Å². The number of benzene rings is 1. The Kier molecular flexibility index (Phi) is 7.13. The van der Waals surface area contributed by atoms with Crippen LogP contribution >= 0.6 is 0 Å². The molecule has 1 N–H and O–H groups in total. The molecule has 1 fully saturated rings. The fourth-order valence-electron chi connectivity index (χ4n) is 3.68. The number of carbonyl (C=O) groups is 2. The smallest absolute Gasteiger partial charge is 0.444 e. The summed E-state index contributed by atoms with van der Waals surface area (Å²) >= 11 is 0. The number of alkyl halides is 3. The van der Waals surface area contributed by atoms with Gasteiger partial charge in [0.15, 0.2) is 0 Å². The SMILES string of the molecule is CC1CCC(C(=O)NCc2cc(-c3cnc(C(F)(F)F)nc3)ccc2F)N1C(=O)OC(C)(C)C. The summed E-state index contributed by atoms with van der Waals surface area (Å²) in [5.41, 5.74) is 0.0672. The van der Waals surface area contributed by atoms with Crippen LogP contribution in [-0.2, 0) is 22.3 Å². The normalized spacial score (nSPS) is 18.6. The van der Waals surface area contributed by atoms with Gasteiger partial charge in [0.25, 0.3) is 0 Å². The fourth-order valence-corrected chi connectivity index (χ4v) is 3.68. The topological polar surface area (TPSA) is 84.4 Å². The highest BCUT2D eigenvalue weighted by molar-refractivity contribution is 5.86. The molecule has 1 aromatic carbocycles. The highest BCUT2D eigenvalue weighted by atomic mass is 19.4. The first-order valence-corrected chi connectivity index (χ1v) is 10.7. The summed E-state index contributed by atoms with van der Waals surface area (Å²) in [6.07, 6.45) is -2.18. The van der Waals surface area contributed by atoms with E-state index in [0.29, 0.717) is 18.4 Å². The summed E-state index contributed by atoms with van der Waals surface area (Å²) in [5, 5.41) is 2.65. The first kappa shape index (κ1) is 25.4. The van der Waals surface area contributed by atoms with Crippen LogP contribution in [0.3, 0.4) is 0 Å². The number of carbonyl (C=O) groups excluding carboxylic acids is 2. The summed E-state index contributed by atoms with van der Waals surface area (Å²) in [6, 6.07) is 3.00. The molecular weight excluding hydrogens is 456 g/mol. The van der Waals surface area contributed by atoms with Gasteiger partial charge in [-0.3, -0.25) is 9.69 Å². The van der Waals surface area contributed by atoms with Crippen molar-refractivity contribution >= 4 is 12.0 Å². The van der Waals surface area contributed by atoms with Gasteiger partial charge in [-0.05, 0) is 58.2 Å². The second-order valence-electron chi connectivity index (χ2n) is 9.15. The number of nitrogens with zero attached hydrogens (tertiary/aromatic N) is 3. The van der Waals surface area contributed by atoms with Crippen LogP contribution in [0.2, 0.25) is 0 Å². The maximum atomic E-state index is 14.4. The number of nitrogens with one attached hydrogen (secondary N) is 1. The molecule has 34 heavy (non-hydrogen) atoms. The molecule has 1 aliphatic rings. The van der Waals surface area contributed by atoms with Crippen LogP contribution in [0.5, 0.6) is 0 Å². The predicted octanol–water partition coefficient (Wildman–Crippen LogP) is 4.71. The Morgan fingerprint density at radius 1 is 1.12 bits per heavy atom. The highest BCUT2D eigenvalue weighted by Gasteiger charge is 2.41. The molecule has 2 atom stereocenters. The van der Waals surface area contributed by atoms with Gasteiger partial charge >= 0.3 is 12.3 Å². The van der Waals surface area contributed by atoms with Crippen molar-refractivity contribution in [3.63, 3.8) is 0 Å². The van der Waals surface area contributed by atoms with Crippen LogP contribution in [-0.4, -0.2) is 44.6 Å². The third kappa shape index (κ3) is 6.00. The van der Waals surface area contributed by atoms with E-state index < -0.39 is 41.5 Å². The first-order valence-electron chi connectivity index (χ1n) is 10.7. The minimum atomic E-state index is -4.66. The Hall–Kier alpha value is -3.24. The van der Waals surface area contributed by atoms with E-state index in [1.54, 1.807) is 20.8 Å². The van der Waals surface area contributed by atoms with E-state index in [0.717, 1.165) is 18.5 Å². The van der Waals surface area contributed by atoms with Crippen molar-refractivity contribution in [2.24, 2.45) is 0 Å². The summed E-state index contributed by atoms with van der Waals surface area (Å²) in [7, 11) is 0. The molecule has 184 valence electrons. The standard InChI is InChI=1S/C23H26F4N4O3/c1-13-5-8-18(31(13)21(33)34-22(2,3)4)19(32)28-10-15-9-14(6-7-17(15)24)16-11-29-20(30-12-16)23(25,26)27/h6-7,9,11-13,18H,5,8,10H2,1-4H3,(H,28,32). The van der Waals surface area contributed by atoms with Gasteiger partial charge in [-0.25, -0.2) is 19.2 Å². The molecule has 7 nitrogen and oxygen atoms in total. The molecule has 1 aliphatic heterocycles. The molecule has 0 saturated carbocycles. The van der Waals surface area contributed by atoms with Crippen molar-refractivity contribution in [3.05, 3.63) is 47.8 Å². The monoisotopic (exact) mass is 482 g/mol. The van der Waals surface area contributed by atoms with E-state index in [-0.39, 0.29) is 23.7 Å². The van der Waals surface area contributed by atoms with Crippen LogP contribution in [0.1, 0.15) is 51.9 Å². The van der Waals surface area contributed by atoms with Crippen molar-refractivity contribution in [3.8, 4) is 11.1 Å². The Morgan fingerprint density at radius 3 is 2.35 bits per heavy atom. The molecule has 0 aliphatic carbocycles. The zero-order valence-corrected chi connectivity index (χ0v) is 19.2. The van der Waals surface area contributed by atoms with E-state index in [9.17, 15) is 27.2 Å². The molecule has 0 radical (unpaired) electrons. The average Bonchev–Trinajstić information content (AvgIpc) is 3.13. The summed E-state index contributed by atoms with van der Waals surface area (Å²) < 4.78 is 57.8. The largest absolute Gasteiger partial charge is 0.451 e. The lowest BCUT2D eigenvalue weighted by Gasteiger charge is -2.30. The van der Waals surface area contributed by atoms with E-state index >= 15 is 0 Å². The van der Waals surface area contributed by atoms with Crippen LogP contribution < -0.4 is 5.32 Å². The molecule has 1 aromatic heterocycles. The fraction of sp³-hybridized carbons (Fsp3) is 0.478. The predicted molar refractivity (Wildman–Crippen MR) is 115 cm³/mol. The summed E-state index contributed by atoms with van der Waals surface area (Å²) in [6.45, 7) is 6.86. The minimum absolute atomic E-state index is 0.126. The molecule has 2 aromatic rings. The average molecular weight is 482 g/mol. The molecule has 1 saturated heterocycles. The van der Waals surface area contributed by atoms with E-state index in [2.05, 4.69) is 15.3 Å². The third-order valence-electron chi connectivity index (χ3n) is 5.31. The van der Waals surface area contributed by atoms with Crippen molar-refractivity contribution in [2.45, 2.75) is 70.9 Å². The van der Waals surface area contributed by atoms with E-state index in [1.807, 2.05) is 6.92 Å². The van der Waals surface area contributed by atoms with E-state index in [4.69, 9.17) is 4.74 Å². The molecule has 2 unspecified atom stereocenters. The molecule has 3 rings (SSSR count). The summed E-state index contributed by atoms with van der Waals surface area (Å²) in [4.78, 5) is 33.4. The zero-order chi connectivity index (χ0) is 25.3. The maximum Gasteiger partial charge on any atom is 0.451 e. The van der Waals surface area contributed by atoms with Crippen LogP contribution in [0.4, 0.5) is 22.4 Å². The molecule has 11 heteroatoms. The van der Waals surface area contributed by atoms with Crippen molar-refractivity contribution < 1.29 is 31.9 Å². The molecule has 0 bridgehead atoms. The maximum absolute atomic E-state index is 14.4. The number of hydrogen-bond donors (Lipinski definition) is 1. The van der Waals surface area contributed by atoms with Gasteiger partial charge in [0.05, 0.1) is 0 Å². The first-order chi connectivity index (χ1) is 15.8. The minimum Gasteiger partial charge on any atom is -0.444 e. The number of ether oxygens (including phenoxy) is 1. The Morgan fingerprint density at radius 2 is 1.76 bits per heavy atom. The van der Waals surface area contributed by atoms with Gasteiger partial charge in [-0.15, -0.1) is 0 Å². The molecule has 2 amide bonds. The Bertz CT molecular complexity index is 1050. The van der Waals surface area contributed by atoms with Gasteiger partial charge in [0.1, 0.15) is 17.5 Å². The Balaban J connectivity index is 1.71. The lowest BCUT2D eigenvalue weighted by molar-refractivity contribution is -0.145. The molecular formula is C23H26F4N4O3. The molecule has 2 heterocycles. The zero-order valence-electron chi connectivity index (χ0n) is 19.2. The van der Waals surface area contributed by atoms with Gasteiger partial charge < -0.3 is 10.1 Å². The number of amides is 2. The van der Waals surface area contributed by atoms with Crippen LogP contribution in [0.25, 0.3) is 11.1 Å². The van der Waals surface area contributed by atoms with Crippen molar-refractivity contribution in [1.29, 1.82) is 0 Å². The number of aromatic nitrogens is 2. The van der Waals surface area contributed by atoms with Crippen LogP contribution in [0.15, 0.2) is 30.6 Å². The van der Waals surface area contributed by atoms with Gasteiger partial charge in [-0.1, -0.05) is 6.07 Å².